The maximum absolute atomic E-state index is 12.9. The minimum absolute atomic E-state index is 0.0442. The molecular formula is C8H10FN3O3S. The normalized spacial score (nSPS) is 10.9. The van der Waals surface area contributed by atoms with Crippen molar-refractivity contribution in [3.8, 4) is 0 Å². The zero-order valence-corrected chi connectivity index (χ0v) is 9.14. The second-order valence-corrected chi connectivity index (χ2v) is 4.59. The molecule has 0 aliphatic carbocycles. The largest absolute Gasteiger partial charge is 0.399 e. The number of amides is 2. The Balaban J connectivity index is 3.12. The van der Waals surface area contributed by atoms with Gasteiger partial charge in [0, 0.05) is 12.7 Å². The summed E-state index contributed by atoms with van der Waals surface area (Å²) in [5, 5.41) is 2.07. The van der Waals surface area contributed by atoms with Crippen molar-refractivity contribution in [3.63, 3.8) is 0 Å². The highest BCUT2D eigenvalue weighted by molar-refractivity contribution is 7.90. The van der Waals surface area contributed by atoms with E-state index in [1.807, 2.05) is 0 Å². The number of anilines is 1. The number of hydrogen-bond acceptors (Lipinski definition) is 4. The van der Waals surface area contributed by atoms with Crippen molar-refractivity contribution in [3.05, 3.63) is 24.0 Å². The summed E-state index contributed by atoms with van der Waals surface area (Å²) in [5.74, 6) is -0.794. The number of urea groups is 1. The lowest BCUT2D eigenvalue weighted by molar-refractivity contribution is 0.248. The molecule has 0 atom stereocenters. The lowest BCUT2D eigenvalue weighted by Gasteiger charge is -2.06. The number of nitrogens with one attached hydrogen (secondary N) is 2. The van der Waals surface area contributed by atoms with E-state index in [4.69, 9.17) is 5.73 Å². The molecule has 1 rings (SSSR count). The lowest BCUT2D eigenvalue weighted by Crippen LogP contribution is -2.37. The van der Waals surface area contributed by atoms with E-state index in [1.165, 1.54) is 7.05 Å². The minimum Gasteiger partial charge on any atom is -0.399 e. The van der Waals surface area contributed by atoms with E-state index in [9.17, 15) is 17.6 Å². The van der Waals surface area contributed by atoms with Crippen LogP contribution in [0.25, 0.3) is 0 Å². The first kappa shape index (κ1) is 12.2. The molecule has 0 aliphatic heterocycles. The van der Waals surface area contributed by atoms with Gasteiger partial charge in [-0.3, -0.25) is 0 Å². The number of nitrogen functional groups attached to an aromatic ring is 1. The first-order chi connectivity index (χ1) is 7.35. The van der Waals surface area contributed by atoms with Gasteiger partial charge in [-0.05, 0) is 18.2 Å². The Morgan fingerprint density at radius 1 is 1.38 bits per heavy atom. The van der Waals surface area contributed by atoms with Gasteiger partial charge in [0.2, 0.25) is 0 Å². The van der Waals surface area contributed by atoms with Crippen molar-refractivity contribution in [1.29, 1.82) is 0 Å². The fraction of sp³-hybridized carbons (Fsp3) is 0.125. The average molecular weight is 247 g/mol. The number of rotatable bonds is 2. The lowest BCUT2D eigenvalue weighted by atomic mass is 10.3. The fourth-order valence-electron chi connectivity index (χ4n) is 0.972. The summed E-state index contributed by atoms with van der Waals surface area (Å²) in [7, 11) is -2.84. The minimum atomic E-state index is -4.10. The quantitative estimate of drug-likeness (QED) is 0.641. The Kier molecular flexibility index (Phi) is 3.33. The number of carbonyl (C=O) groups excluding carboxylic acids is 1. The highest BCUT2D eigenvalue weighted by Crippen LogP contribution is 2.15. The Labute approximate surface area is 91.7 Å². The zero-order chi connectivity index (χ0) is 12.3. The highest BCUT2D eigenvalue weighted by atomic mass is 32.2. The van der Waals surface area contributed by atoms with Gasteiger partial charge in [0.15, 0.2) is 0 Å². The molecule has 4 N–H and O–H groups in total. The maximum Gasteiger partial charge on any atom is 0.328 e. The van der Waals surface area contributed by atoms with Crippen LogP contribution in [0.15, 0.2) is 23.1 Å². The van der Waals surface area contributed by atoms with E-state index < -0.39 is 26.8 Å². The van der Waals surface area contributed by atoms with Gasteiger partial charge < -0.3 is 11.1 Å². The predicted octanol–water partition coefficient (Wildman–Crippen LogP) is 0.0256. The van der Waals surface area contributed by atoms with Gasteiger partial charge >= 0.3 is 6.03 Å². The molecular weight excluding hydrogens is 237 g/mol. The Bertz CT molecular complexity index is 495. The summed E-state index contributed by atoms with van der Waals surface area (Å²) in [4.78, 5) is 10.4. The summed E-state index contributed by atoms with van der Waals surface area (Å²) >= 11 is 0. The van der Waals surface area contributed by atoms with Gasteiger partial charge in [-0.15, -0.1) is 0 Å². The van der Waals surface area contributed by atoms with Crippen molar-refractivity contribution in [1.82, 2.24) is 10.0 Å². The SMILES string of the molecule is CNC(=O)NS(=O)(=O)c1cc(N)cc(F)c1. The molecule has 0 fully saturated rings. The smallest absolute Gasteiger partial charge is 0.328 e. The molecule has 1 aromatic carbocycles. The van der Waals surface area contributed by atoms with Gasteiger partial charge in [-0.25, -0.2) is 22.3 Å². The molecule has 88 valence electrons. The highest BCUT2D eigenvalue weighted by Gasteiger charge is 2.18. The molecule has 0 radical (unpaired) electrons. The number of carbonyl (C=O) groups is 1. The fourth-order valence-corrected chi connectivity index (χ4v) is 1.99. The molecule has 8 heteroatoms. The maximum atomic E-state index is 12.9. The summed E-state index contributed by atoms with van der Waals surface area (Å²) in [6.45, 7) is 0. The van der Waals surface area contributed by atoms with Crippen LogP contribution in [0, 0.1) is 5.82 Å². The average Bonchev–Trinajstić information content (AvgIpc) is 2.15. The standard InChI is InChI=1S/C8H10FN3O3S/c1-11-8(13)12-16(14,15)7-3-5(9)2-6(10)4-7/h2-4H,10H2,1H3,(H2,11,12,13). The van der Waals surface area contributed by atoms with E-state index >= 15 is 0 Å². The van der Waals surface area contributed by atoms with Crippen molar-refractivity contribution in [2.75, 3.05) is 12.8 Å². The molecule has 2 amide bonds. The van der Waals surface area contributed by atoms with Gasteiger partial charge in [0.1, 0.15) is 5.82 Å². The Morgan fingerprint density at radius 3 is 2.50 bits per heavy atom. The van der Waals surface area contributed by atoms with E-state index in [-0.39, 0.29) is 5.69 Å². The summed E-state index contributed by atoms with van der Waals surface area (Å²) < 4.78 is 37.6. The van der Waals surface area contributed by atoms with Crippen molar-refractivity contribution in [2.24, 2.45) is 0 Å². The van der Waals surface area contributed by atoms with Crippen LogP contribution in [0.1, 0.15) is 0 Å². The number of sulfonamides is 1. The molecule has 0 spiro atoms. The summed E-state index contributed by atoms with van der Waals surface area (Å²) in [6, 6.07) is 1.87. The van der Waals surface area contributed by atoms with Crippen LogP contribution in [0.4, 0.5) is 14.9 Å². The molecule has 0 aliphatic rings. The molecule has 0 heterocycles. The molecule has 0 bridgehead atoms. The monoisotopic (exact) mass is 247 g/mol. The van der Waals surface area contributed by atoms with Crippen LogP contribution in [0.5, 0.6) is 0 Å². The molecule has 0 aromatic heterocycles. The van der Waals surface area contributed by atoms with E-state index in [2.05, 4.69) is 5.32 Å². The van der Waals surface area contributed by atoms with Gasteiger partial charge in [0.05, 0.1) is 4.90 Å². The zero-order valence-electron chi connectivity index (χ0n) is 8.32. The first-order valence-corrected chi connectivity index (χ1v) is 5.64. The van der Waals surface area contributed by atoms with Crippen LogP contribution < -0.4 is 15.8 Å². The van der Waals surface area contributed by atoms with Crippen molar-refractivity contribution >= 4 is 21.7 Å². The van der Waals surface area contributed by atoms with Gasteiger partial charge in [-0.1, -0.05) is 0 Å². The number of nitrogens with two attached hydrogens (primary N) is 1. The van der Waals surface area contributed by atoms with Crippen LogP contribution in [-0.2, 0) is 10.0 Å². The number of halogens is 1. The van der Waals surface area contributed by atoms with Crippen LogP contribution >= 0.6 is 0 Å². The van der Waals surface area contributed by atoms with E-state index in [0.717, 1.165) is 18.2 Å². The van der Waals surface area contributed by atoms with Crippen LogP contribution in [-0.4, -0.2) is 21.5 Å². The molecule has 6 nitrogen and oxygen atoms in total. The Hall–Kier alpha value is -1.83. The third-order valence-corrected chi connectivity index (χ3v) is 2.97. The molecule has 0 saturated heterocycles. The second-order valence-electron chi connectivity index (χ2n) is 2.90. The third-order valence-electron chi connectivity index (χ3n) is 1.66. The van der Waals surface area contributed by atoms with Gasteiger partial charge in [0.25, 0.3) is 10.0 Å². The van der Waals surface area contributed by atoms with Gasteiger partial charge in [-0.2, -0.15) is 0 Å². The number of hydrogen-bond donors (Lipinski definition) is 3. The molecule has 16 heavy (non-hydrogen) atoms. The van der Waals surface area contributed by atoms with E-state index in [1.54, 1.807) is 4.72 Å². The summed E-state index contributed by atoms with van der Waals surface area (Å²) in [5.41, 5.74) is 5.24. The summed E-state index contributed by atoms with van der Waals surface area (Å²) in [6.07, 6.45) is 0. The second kappa shape index (κ2) is 4.35. The molecule has 0 saturated carbocycles. The molecule has 0 unspecified atom stereocenters. The number of benzene rings is 1. The van der Waals surface area contributed by atoms with Crippen molar-refractivity contribution < 1.29 is 17.6 Å². The van der Waals surface area contributed by atoms with Crippen molar-refractivity contribution in [2.45, 2.75) is 4.90 Å². The third kappa shape index (κ3) is 2.83. The van der Waals surface area contributed by atoms with Crippen LogP contribution in [0.3, 0.4) is 0 Å². The predicted molar refractivity (Wildman–Crippen MR) is 55.6 cm³/mol. The topological polar surface area (TPSA) is 101 Å². The molecule has 1 aromatic rings. The van der Waals surface area contributed by atoms with Crippen LogP contribution in [0.2, 0.25) is 0 Å². The van der Waals surface area contributed by atoms with E-state index in [0.29, 0.717) is 0 Å². The first-order valence-electron chi connectivity index (χ1n) is 4.16. The Morgan fingerprint density at radius 2 is 2.00 bits per heavy atom.